The van der Waals surface area contributed by atoms with Gasteiger partial charge in [-0.05, 0) is 43.3 Å². The molecule has 0 saturated heterocycles. The van der Waals surface area contributed by atoms with Crippen molar-refractivity contribution in [1.82, 2.24) is 0 Å². The Hall–Kier alpha value is -2.12. The first-order chi connectivity index (χ1) is 9.84. The maximum absolute atomic E-state index is 2.32. The van der Waals surface area contributed by atoms with Crippen LogP contribution in [0, 0.1) is 6.92 Å². The van der Waals surface area contributed by atoms with Gasteiger partial charge >= 0.3 is 0 Å². The zero-order valence-corrected chi connectivity index (χ0v) is 12.2. The van der Waals surface area contributed by atoms with E-state index < -0.39 is 0 Å². The third kappa shape index (κ3) is 1.67. The van der Waals surface area contributed by atoms with E-state index >= 15 is 0 Å². The minimum absolute atomic E-state index is 0.0512. The summed E-state index contributed by atoms with van der Waals surface area (Å²) >= 11 is 0. The van der Waals surface area contributed by atoms with Crippen molar-refractivity contribution in [3.63, 3.8) is 0 Å². The molecular weight excluding hydrogens is 260 g/mol. The molecular formula is C19H15S+. The molecule has 0 bridgehead atoms. The summed E-state index contributed by atoms with van der Waals surface area (Å²) in [6, 6.07) is 26.5. The summed E-state index contributed by atoms with van der Waals surface area (Å²) in [5, 5.41) is 2.81. The molecule has 1 aromatic heterocycles. The fourth-order valence-electron chi connectivity index (χ4n) is 2.83. The molecule has 0 aliphatic heterocycles. The normalized spacial score (nSPS) is 12.2. The van der Waals surface area contributed by atoms with Crippen molar-refractivity contribution in [1.29, 1.82) is 0 Å². The lowest BCUT2D eigenvalue weighted by molar-refractivity contribution is 1.52. The topological polar surface area (TPSA) is 0 Å². The molecule has 0 radical (unpaired) electrons. The summed E-state index contributed by atoms with van der Waals surface area (Å²) in [6.07, 6.45) is 0. The van der Waals surface area contributed by atoms with Crippen molar-refractivity contribution in [3.05, 3.63) is 78.4 Å². The van der Waals surface area contributed by atoms with Crippen LogP contribution in [0.2, 0.25) is 0 Å². The second kappa shape index (κ2) is 4.46. The van der Waals surface area contributed by atoms with E-state index in [1.54, 1.807) is 0 Å². The second-order valence-electron chi connectivity index (χ2n) is 5.12. The quantitative estimate of drug-likeness (QED) is 0.371. The summed E-state index contributed by atoms with van der Waals surface area (Å²) in [7, 11) is 0.0512. The molecule has 0 aliphatic rings. The largest absolute Gasteiger partial charge is 0.187 e. The standard InChI is InChI=1S/C19H15S/c1-14-11-12-19-17(13-14)16-9-5-6-10-18(16)20(19)15-7-3-2-4-8-15/h2-13H,1H3/q+1. The highest BCUT2D eigenvalue weighted by molar-refractivity contribution is 7.50. The summed E-state index contributed by atoms with van der Waals surface area (Å²) in [6.45, 7) is 2.17. The minimum atomic E-state index is 0.0512. The SMILES string of the molecule is Cc1ccc2c(c1)c1ccccc1[s+]2-c1ccccc1. The lowest BCUT2D eigenvalue weighted by Crippen LogP contribution is -1.71. The van der Waals surface area contributed by atoms with Crippen LogP contribution in [0.25, 0.3) is 25.1 Å². The molecule has 0 fully saturated rings. The van der Waals surface area contributed by atoms with Crippen molar-refractivity contribution in [2.45, 2.75) is 6.92 Å². The first kappa shape index (κ1) is 11.7. The van der Waals surface area contributed by atoms with Crippen LogP contribution >= 0.6 is 10.5 Å². The van der Waals surface area contributed by atoms with Gasteiger partial charge in [0.1, 0.15) is 0 Å². The van der Waals surface area contributed by atoms with E-state index in [9.17, 15) is 0 Å². The molecule has 1 atom stereocenters. The van der Waals surface area contributed by atoms with Crippen LogP contribution in [0.1, 0.15) is 5.56 Å². The Balaban J connectivity index is 2.22. The van der Waals surface area contributed by atoms with Crippen LogP contribution < -0.4 is 0 Å². The van der Waals surface area contributed by atoms with Gasteiger partial charge in [-0.1, -0.05) is 42.0 Å². The molecule has 0 saturated carbocycles. The molecule has 0 spiro atoms. The fraction of sp³-hybridized carbons (Fsp3) is 0.0526. The molecule has 1 heterocycles. The molecule has 4 aromatic rings. The Kier molecular flexibility index (Phi) is 2.61. The molecule has 0 N–H and O–H groups in total. The predicted octanol–water partition coefficient (Wildman–Crippen LogP) is 6.04. The number of hydrogen-bond acceptors (Lipinski definition) is 0. The number of rotatable bonds is 1. The monoisotopic (exact) mass is 275 g/mol. The van der Waals surface area contributed by atoms with Gasteiger partial charge in [0.2, 0.25) is 0 Å². The van der Waals surface area contributed by atoms with Crippen LogP contribution in [0.15, 0.2) is 72.8 Å². The average Bonchev–Trinajstić information content (AvgIpc) is 2.82. The van der Waals surface area contributed by atoms with Crippen molar-refractivity contribution in [3.8, 4) is 4.90 Å². The molecule has 20 heavy (non-hydrogen) atoms. The van der Waals surface area contributed by atoms with Gasteiger partial charge < -0.3 is 0 Å². The summed E-state index contributed by atoms with van der Waals surface area (Å²) in [5.74, 6) is 0. The summed E-state index contributed by atoms with van der Waals surface area (Å²) < 4.78 is 2.92. The van der Waals surface area contributed by atoms with Gasteiger partial charge in [0.25, 0.3) is 0 Å². The summed E-state index contributed by atoms with van der Waals surface area (Å²) in [5.41, 5.74) is 1.33. The third-order valence-corrected chi connectivity index (χ3v) is 6.07. The van der Waals surface area contributed by atoms with Crippen LogP contribution in [0.5, 0.6) is 0 Å². The fourth-order valence-corrected chi connectivity index (χ4v) is 5.21. The molecule has 4 rings (SSSR count). The second-order valence-corrected chi connectivity index (χ2v) is 7.08. The van der Waals surface area contributed by atoms with E-state index in [4.69, 9.17) is 0 Å². The first-order valence-electron chi connectivity index (χ1n) is 6.84. The maximum Gasteiger partial charge on any atom is 0.187 e. The highest BCUT2D eigenvalue weighted by Gasteiger charge is 2.22. The van der Waals surface area contributed by atoms with E-state index in [0.29, 0.717) is 0 Å². The van der Waals surface area contributed by atoms with Crippen molar-refractivity contribution in [2.24, 2.45) is 0 Å². The average molecular weight is 275 g/mol. The van der Waals surface area contributed by atoms with Gasteiger partial charge in [-0.25, -0.2) is 0 Å². The zero-order chi connectivity index (χ0) is 13.5. The van der Waals surface area contributed by atoms with Crippen LogP contribution in [0.4, 0.5) is 0 Å². The number of fused-ring (bicyclic) bond motifs is 3. The third-order valence-electron chi connectivity index (χ3n) is 3.73. The Labute approximate surface area is 121 Å². The lowest BCUT2D eigenvalue weighted by atomic mass is 10.1. The Bertz CT molecular complexity index is 901. The molecule has 96 valence electrons. The summed E-state index contributed by atoms with van der Waals surface area (Å²) in [4.78, 5) is 1.41. The van der Waals surface area contributed by atoms with E-state index in [-0.39, 0.29) is 10.5 Å². The molecule has 3 aromatic carbocycles. The van der Waals surface area contributed by atoms with E-state index in [1.807, 2.05) is 0 Å². The smallest absolute Gasteiger partial charge is 0.0619 e. The van der Waals surface area contributed by atoms with E-state index in [0.717, 1.165) is 0 Å². The number of thiophene rings is 1. The first-order valence-corrected chi connectivity index (χ1v) is 8.06. The highest BCUT2D eigenvalue weighted by atomic mass is 32.2. The highest BCUT2D eigenvalue weighted by Crippen LogP contribution is 2.48. The van der Waals surface area contributed by atoms with Gasteiger partial charge in [0, 0.05) is 21.2 Å². The van der Waals surface area contributed by atoms with Gasteiger partial charge in [0.15, 0.2) is 14.3 Å². The van der Waals surface area contributed by atoms with Gasteiger partial charge in [-0.15, -0.1) is 0 Å². The number of benzene rings is 3. The van der Waals surface area contributed by atoms with Crippen molar-refractivity contribution < 1.29 is 0 Å². The molecule has 0 amide bonds. The molecule has 0 aliphatic carbocycles. The minimum Gasteiger partial charge on any atom is -0.0619 e. The van der Waals surface area contributed by atoms with Gasteiger partial charge in [-0.3, -0.25) is 0 Å². The maximum atomic E-state index is 2.32. The number of hydrogen-bond donors (Lipinski definition) is 0. The molecule has 1 heteroatoms. The van der Waals surface area contributed by atoms with Crippen molar-refractivity contribution >= 4 is 30.6 Å². The lowest BCUT2D eigenvalue weighted by Gasteiger charge is -1.93. The van der Waals surface area contributed by atoms with E-state index in [2.05, 4.69) is 79.7 Å². The van der Waals surface area contributed by atoms with Crippen LogP contribution in [-0.4, -0.2) is 0 Å². The Morgan fingerprint density at radius 2 is 1.35 bits per heavy atom. The van der Waals surface area contributed by atoms with E-state index in [1.165, 1.54) is 30.6 Å². The Morgan fingerprint density at radius 3 is 2.20 bits per heavy atom. The zero-order valence-electron chi connectivity index (χ0n) is 11.3. The van der Waals surface area contributed by atoms with Crippen molar-refractivity contribution in [2.75, 3.05) is 0 Å². The van der Waals surface area contributed by atoms with Gasteiger partial charge in [-0.2, -0.15) is 0 Å². The molecule has 1 unspecified atom stereocenters. The van der Waals surface area contributed by atoms with Gasteiger partial charge in [0.05, 0.1) is 0 Å². The Morgan fingerprint density at radius 1 is 0.650 bits per heavy atom. The molecule has 0 nitrogen and oxygen atoms in total. The van der Waals surface area contributed by atoms with Crippen LogP contribution in [0.3, 0.4) is 0 Å². The van der Waals surface area contributed by atoms with Crippen LogP contribution in [-0.2, 0) is 0 Å². The number of aryl methyl sites for hydroxylation is 1. The predicted molar refractivity (Wildman–Crippen MR) is 90.0 cm³/mol.